The van der Waals surface area contributed by atoms with Crippen molar-refractivity contribution in [1.29, 1.82) is 0 Å². The molecule has 0 saturated carbocycles. The van der Waals surface area contributed by atoms with E-state index in [1.54, 1.807) is 0 Å². The first kappa shape index (κ1) is 27.8. The van der Waals surface area contributed by atoms with Gasteiger partial charge in [0, 0.05) is 47.8 Å². The summed E-state index contributed by atoms with van der Waals surface area (Å²) in [7, 11) is 0. The molecule has 41 heavy (non-hydrogen) atoms. The normalized spacial score (nSPS) is 13.5. The fourth-order valence-electron chi connectivity index (χ4n) is 4.82. The Morgan fingerprint density at radius 1 is 0.951 bits per heavy atom. The van der Waals surface area contributed by atoms with Gasteiger partial charge >= 0.3 is 0 Å². The molecule has 0 aliphatic carbocycles. The van der Waals surface area contributed by atoms with E-state index in [-0.39, 0.29) is 5.91 Å². The molecule has 1 fully saturated rings. The Morgan fingerprint density at radius 2 is 1.73 bits per heavy atom. The van der Waals surface area contributed by atoms with Crippen molar-refractivity contribution in [1.82, 2.24) is 24.6 Å². The Balaban J connectivity index is 1.16. The summed E-state index contributed by atoms with van der Waals surface area (Å²) in [6.07, 6.45) is 0. The van der Waals surface area contributed by atoms with Crippen LogP contribution < -0.4 is 4.90 Å². The van der Waals surface area contributed by atoms with Gasteiger partial charge in [-0.1, -0.05) is 71.4 Å². The van der Waals surface area contributed by atoms with Gasteiger partial charge in [-0.2, -0.15) is 0 Å². The van der Waals surface area contributed by atoms with Crippen molar-refractivity contribution in [3.8, 4) is 17.1 Å². The maximum Gasteiger partial charge on any atom is 0.273 e. The molecule has 1 aliphatic rings. The molecule has 0 N–H and O–H groups in total. The average Bonchev–Trinajstić information content (AvgIpc) is 3.64. The summed E-state index contributed by atoms with van der Waals surface area (Å²) in [5.74, 6) is 1.21. The van der Waals surface area contributed by atoms with Gasteiger partial charge < -0.3 is 9.80 Å². The lowest BCUT2D eigenvalue weighted by atomic mass is 10.1. The molecule has 5 aromatic rings. The van der Waals surface area contributed by atoms with Crippen LogP contribution in [0.4, 0.5) is 5.69 Å². The molecule has 3 aromatic carbocycles. The van der Waals surface area contributed by atoms with Crippen LogP contribution in [-0.2, 0) is 5.75 Å². The fraction of sp³-hybridized carbons (Fsp3) is 0.200. The van der Waals surface area contributed by atoms with Crippen LogP contribution in [0.2, 0.25) is 10.0 Å². The molecule has 3 heterocycles. The third kappa shape index (κ3) is 5.99. The Kier molecular flexibility index (Phi) is 8.30. The second-order valence-corrected chi connectivity index (χ2v) is 12.3. The maximum atomic E-state index is 13.2. The van der Waals surface area contributed by atoms with Crippen LogP contribution in [0.5, 0.6) is 0 Å². The summed E-state index contributed by atoms with van der Waals surface area (Å²) in [4.78, 5) is 22.0. The largest absolute Gasteiger partial charge is 0.368 e. The van der Waals surface area contributed by atoms with E-state index in [4.69, 9.17) is 23.2 Å². The van der Waals surface area contributed by atoms with Crippen molar-refractivity contribution in [2.45, 2.75) is 17.8 Å². The lowest BCUT2D eigenvalue weighted by Crippen LogP contribution is -2.48. The molecule has 11 heteroatoms. The van der Waals surface area contributed by atoms with Gasteiger partial charge in [0.2, 0.25) is 0 Å². The summed E-state index contributed by atoms with van der Waals surface area (Å²) in [5, 5.41) is 13.8. The Bertz CT molecular complexity index is 1700. The van der Waals surface area contributed by atoms with E-state index in [1.807, 2.05) is 75.5 Å². The number of carbonyl (C=O) groups excluding carboxylic acids is 1. The van der Waals surface area contributed by atoms with Gasteiger partial charge in [-0.15, -0.1) is 21.5 Å². The second kappa shape index (κ2) is 12.2. The predicted octanol–water partition coefficient (Wildman–Crippen LogP) is 7.26. The Hall–Kier alpha value is -3.37. The van der Waals surface area contributed by atoms with E-state index >= 15 is 0 Å². The number of aryl methyl sites for hydroxylation is 1. The predicted molar refractivity (Wildman–Crippen MR) is 168 cm³/mol. The monoisotopic (exact) mass is 620 g/mol. The van der Waals surface area contributed by atoms with Crippen LogP contribution in [0.15, 0.2) is 83.3 Å². The number of hydrogen-bond acceptors (Lipinski definition) is 7. The van der Waals surface area contributed by atoms with Crippen molar-refractivity contribution in [3.05, 3.63) is 104 Å². The standard InChI is InChI=1S/C30H26Cl2N6OS2/c1-20-7-2-5-12-26(20)38-28(23-10-3-4-11-24(23)32)34-35-30(38)41-19-27-33-25(18-40-27)29(39)37-15-13-36(14-16-37)22-9-6-8-21(31)17-22/h2-12,17-18H,13-16,19H2,1H3. The third-order valence-corrected chi connectivity index (χ3v) is 9.48. The number of piperazine rings is 1. The molecule has 7 nitrogen and oxygen atoms in total. The molecule has 0 unspecified atom stereocenters. The number of rotatable bonds is 7. The topological polar surface area (TPSA) is 67.2 Å². The third-order valence-electron chi connectivity index (χ3n) is 6.94. The number of hydrogen-bond donors (Lipinski definition) is 0. The van der Waals surface area contributed by atoms with Crippen molar-refractivity contribution in [2.75, 3.05) is 31.1 Å². The van der Waals surface area contributed by atoms with Crippen LogP contribution >= 0.6 is 46.3 Å². The summed E-state index contributed by atoms with van der Waals surface area (Å²) >= 11 is 15.7. The lowest BCUT2D eigenvalue weighted by Gasteiger charge is -2.35. The number of carbonyl (C=O) groups is 1. The zero-order valence-electron chi connectivity index (χ0n) is 22.2. The number of halogens is 2. The van der Waals surface area contributed by atoms with Crippen molar-refractivity contribution in [2.24, 2.45) is 0 Å². The number of para-hydroxylation sites is 1. The first-order valence-corrected chi connectivity index (χ1v) is 15.7. The highest BCUT2D eigenvalue weighted by molar-refractivity contribution is 7.98. The van der Waals surface area contributed by atoms with E-state index in [9.17, 15) is 4.79 Å². The number of benzene rings is 3. The van der Waals surface area contributed by atoms with Gasteiger partial charge in [-0.25, -0.2) is 4.98 Å². The minimum Gasteiger partial charge on any atom is -0.368 e. The number of thiazole rings is 1. The molecule has 0 spiro atoms. The zero-order valence-corrected chi connectivity index (χ0v) is 25.3. The molecule has 208 valence electrons. The molecule has 1 amide bonds. The van der Waals surface area contributed by atoms with Crippen molar-refractivity contribution < 1.29 is 4.79 Å². The zero-order chi connectivity index (χ0) is 28.3. The molecule has 0 atom stereocenters. The van der Waals surface area contributed by atoms with Gasteiger partial charge in [0.25, 0.3) is 5.91 Å². The molecular formula is C30H26Cl2N6OS2. The summed E-state index contributed by atoms with van der Waals surface area (Å²) in [6.45, 7) is 4.84. The maximum absolute atomic E-state index is 13.2. The van der Waals surface area contributed by atoms with Crippen LogP contribution in [0, 0.1) is 6.92 Å². The first-order chi connectivity index (χ1) is 20.0. The summed E-state index contributed by atoms with van der Waals surface area (Å²) in [6, 6.07) is 23.6. The van der Waals surface area contributed by atoms with Gasteiger partial charge in [-0.05, 0) is 48.9 Å². The van der Waals surface area contributed by atoms with Crippen LogP contribution in [0.25, 0.3) is 17.1 Å². The van der Waals surface area contributed by atoms with E-state index in [1.165, 1.54) is 23.1 Å². The molecule has 1 aliphatic heterocycles. The molecule has 2 aromatic heterocycles. The van der Waals surface area contributed by atoms with Gasteiger partial charge in [0.15, 0.2) is 11.0 Å². The van der Waals surface area contributed by atoms with Crippen LogP contribution in [0.3, 0.4) is 0 Å². The number of nitrogens with zero attached hydrogens (tertiary/aromatic N) is 6. The number of amides is 1. The van der Waals surface area contributed by atoms with Crippen molar-refractivity contribution in [3.63, 3.8) is 0 Å². The smallest absolute Gasteiger partial charge is 0.273 e. The molecule has 6 rings (SSSR count). The SMILES string of the molecule is Cc1ccccc1-n1c(SCc2nc(C(=O)N3CCN(c4cccc(Cl)c4)CC3)cs2)nnc1-c1ccccc1Cl. The molecule has 1 saturated heterocycles. The Labute approximate surface area is 256 Å². The summed E-state index contributed by atoms with van der Waals surface area (Å²) < 4.78 is 2.04. The second-order valence-electron chi connectivity index (χ2n) is 9.58. The van der Waals surface area contributed by atoms with Gasteiger partial charge in [0.1, 0.15) is 10.7 Å². The lowest BCUT2D eigenvalue weighted by molar-refractivity contribution is 0.0741. The van der Waals surface area contributed by atoms with Gasteiger partial charge in [0.05, 0.1) is 16.5 Å². The highest BCUT2D eigenvalue weighted by atomic mass is 35.5. The number of anilines is 1. The molecule has 0 bridgehead atoms. The van der Waals surface area contributed by atoms with Crippen LogP contribution in [0.1, 0.15) is 21.1 Å². The number of aromatic nitrogens is 4. The van der Waals surface area contributed by atoms with E-state index < -0.39 is 0 Å². The highest BCUT2D eigenvalue weighted by Crippen LogP contribution is 2.34. The van der Waals surface area contributed by atoms with Gasteiger partial charge in [-0.3, -0.25) is 9.36 Å². The minimum absolute atomic E-state index is 0.0349. The summed E-state index contributed by atoms with van der Waals surface area (Å²) in [5.41, 5.74) is 4.46. The molecular weight excluding hydrogens is 595 g/mol. The van der Waals surface area contributed by atoms with E-state index in [2.05, 4.69) is 39.1 Å². The first-order valence-electron chi connectivity index (χ1n) is 13.1. The van der Waals surface area contributed by atoms with E-state index in [0.29, 0.717) is 40.4 Å². The van der Waals surface area contributed by atoms with Crippen LogP contribution in [-0.4, -0.2) is 56.7 Å². The van der Waals surface area contributed by atoms with E-state index in [0.717, 1.165) is 45.8 Å². The quantitative estimate of drug-likeness (QED) is 0.178. The average molecular weight is 622 g/mol. The fourth-order valence-corrected chi connectivity index (χ4v) is 6.95. The minimum atomic E-state index is -0.0349. The molecule has 0 radical (unpaired) electrons. The van der Waals surface area contributed by atoms with Crippen molar-refractivity contribution >= 4 is 57.9 Å². The Morgan fingerprint density at radius 3 is 2.51 bits per heavy atom. The highest BCUT2D eigenvalue weighted by Gasteiger charge is 2.25. The number of thioether (sulfide) groups is 1.